The van der Waals surface area contributed by atoms with Crippen molar-refractivity contribution in [2.45, 2.75) is 39.7 Å². The molecule has 3 N–H and O–H groups in total. The van der Waals surface area contributed by atoms with Crippen molar-refractivity contribution in [3.05, 3.63) is 0 Å². The molecule has 0 radical (unpaired) electrons. The molecule has 0 saturated heterocycles. The molecule has 11 heavy (non-hydrogen) atoms. The lowest BCUT2D eigenvalue weighted by molar-refractivity contribution is -0.121. The zero-order valence-electron chi connectivity index (χ0n) is 6.34. The number of Topliss-reactive ketones (excluding diaryl/α,β-unsaturated/α-hetero) is 1. The van der Waals surface area contributed by atoms with Crippen molar-refractivity contribution in [2.24, 2.45) is 5.73 Å². The van der Waals surface area contributed by atoms with Crippen LogP contribution >= 0.6 is 0 Å². The van der Waals surface area contributed by atoms with Gasteiger partial charge in [0.2, 0.25) is 0 Å². The molecule has 0 aliphatic rings. The van der Waals surface area contributed by atoms with E-state index in [0.717, 1.165) is 12.8 Å². The maximum atomic E-state index is 10.8. The van der Waals surface area contributed by atoms with E-state index in [1.165, 1.54) is 0 Å². The van der Waals surface area contributed by atoms with Gasteiger partial charge in [0.05, 0.1) is 12.6 Å². The van der Waals surface area contributed by atoms with Crippen LogP contribution in [0.5, 0.6) is 0 Å². The molecule has 0 aromatic rings. The van der Waals surface area contributed by atoms with Crippen LogP contribution in [-0.2, 0) is 4.79 Å². The van der Waals surface area contributed by atoms with E-state index in [2.05, 4.69) is 0 Å². The van der Waals surface area contributed by atoms with Crippen molar-refractivity contribution < 1.29 is 9.90 Å². The third-order valence-corrected chi connectivity index (χ3v) is 1.39. The van der Waals surface area contributed by atoms with E-state index in [9.17, 15) is 4.79 Å². The predicted octanol–water partition coefficient (Wildman–Crippen LogP) is 0.701. The van der Waals surface area contributed by atoms with Gasteiger partial charge in [0.1, 0.15) is 0 Å². The normalized spacial score (nSPS) is 11.9. The second kappa shape index (κ2) is 7.69. The summed E-state index contributed by atoms with van der Waals surface area (Å²) < 4.78 is 0. The van der Waals surface area contributed by atoms with E-state index < -0.39 is 6.04 Å². The van der Waals surface area contributed by atoms with E-state index >= 15 is 0 Å². The van der Waals surface area contributed by atoms with Crippen LogP contribution in [0.15, 0.2) is 0 Å². The summed E-state index contributed by atoms with van der Waals surface area (Å²) in [6, 6.07) is -0.661. The number of ketones is 1. The molecule has 3 nitrogen and oxygen atoms in total. The fourth-order valence-electron chi connectivity index (χ4n) is 0.638. The summed E-state index contributed by atoms with van der Waals surface area (Å²) in [6.07, 6.45) is 2.36. The molecule has 1 unspecified atom stereocenters. The molecule has 68 valence electrons. The van der Waals surface area contributed by atoms with Crippen LogP contribution in [0.3, 0.4) is 0 Å². The lowest BCUT2D eigenvalue weighted by Gasteiger charge is -2.04. The average molecular weight is 161 g/mol. The molecular formula is C8H19NO2. The van der Waals surface area contributed by atoms with Crippen molar-refractivity contribution in [1.29, 1.82) is 0 Å². The van der Waals surface area contributed by atoms with E-state index in [-0.39, 0.29) is 19.8 Å². The van der Waals surface area contributed by atoms with Crippen molar-refractivity contribution in [2.75, 3.05) is 6.61 Å². The molecule has 3 heteroatoms. The Morgan fingerprint density at radius 2 is 2.18 bits per heavy atom. The molecule has 0 fully saturated rings. The molecule has 0 saturated carbocycles. The van der Waals surface area contributed by atoms with Gasteiger partial charge < -0.3 is 10.8 Å². The topological polar surface area (TPSA) is 63.3 Å². The Hall–Kier alpha value is -0.410. The third kappa shape index (κ3) is 6.01. The number of carbonyl (C=O) groups excluding carboxylic acids is 1. The number of rotatable bonds is 5. The van der Waals surface area contributed by atoms with Gasteiger partial charge in [0.25, 0.3) is 0 Å². The second-order valence-corrected chi connectivity index (χ2v) is 2.36. The summed E-state index contributed by atoms with van der Waals surface area (Å²) in [5.41, 5.74) is 5.26. The summed E-state index contributed by atoms with van der Waals surface area (Å²) in [6.45, 7) is 1.78. The number of hydrogen-bond donors (Lipinski definition) is 2. The number of aliphatic hydroxyl groups is 1. The van der Waals surface area contributed by atoms with Crippen molar-refractivity contribution in [1.82, 2.24) is 0 Å². The van der Waals surface area contributed by atoms with Crippen molar-refractivity contribution in [3.63, 3.8) is 0 Å². The van der Waals surface area contributed by atoms with Crippen molar-refractivity contribution >= 4 is 5.78 Å². The van der Waals surface area contributed by atoms with Gasteiger partial charge in [-0.2, -0.15) is 0 Å². The Morgan fingerprint density at radius 3 is 2.55 bits per heavy atom. The number of unbranched alkanes of at least 4 members (excludes halogenated alkanes) is 1. The van der Waals surface area contributed by atoms with Gasteiger partial charge in [0.15, 0.2) is 5.78 Å². The van der Waals surface area contributed by atoms with Crippen LogP contribution in [0, 0.1) is 0 Å². The number of nitrogens with two attached hydrogens (primary N) is 1. The third-order valence-electron chi connectivity index (χ3n) is 1.39. The standard InChI is InChI=1S/C7H15NO2.CH4/c1-2-3-4-7(10)6(8)5-9;/h6,9H,2-5,8H2,1H3;1H4. The highest BCUT2D eigenvalue weighted by Crippen LogP contribution is 1.96. The van der Waals surface area contributed by atoms with E-state index in [1.54, 1.807) is 0 Å². The molecule has 0 amide bonds. The molecular weight excluding hydrogens is 142 g/mol. The summed E-state index contributed by atoms with van der Waals surface area (Å²) >= 11 is 0. The van der Waals surface area contributed by atoms with Gasteiger partial charge in [-0.1, -0.05) is 20.8 Å². The van der Waals surface area contributed by atoms with Gasteiger partial charge >= 0.3 is 0 Å². The highest BCUT2D eigenvalue weighted by atomic mass is 16.3. The Balaban J connectivity index is 0. The fourth-order valence-corrected chi connectivity index (χ4v) is 0.638. The minimum atomic E-state index is -0.661. The number of carbonyl (C=O) groups is 1. The summed E-state index contributed by atoms with van der Waals surface area (Å²) in [7, 11) is 0. The lowest BCUT2D eigenvalue weighted by atomic mass is 10.1. The first-order chi connectivity index (χ1) is 4.72. The summed E-state index contributed by atoms with van der Waals surface area (Å²) in [4.78, 5) is 10.8. The SMILES string of the molecule is C.CCCCC(=O)C(N)CO. The summed E-state index contributed by atoms with van der Waals surface area (Å²) in [5, 5.41) is 8.46. The lowest BCUT2D eigenvalue weighted by Crippen LogP contribution is -2.33. The Morgan fingerprint density at radius 1 is 1.64 bits per heavy atom. The predicted molar refractivity (Wildman–Crippen MR) is 46.3 cm³/mol. The maximum Gasteiger partial charge on any atom is 0.151 e. The molecule has 1 atom stereocenters. The second-order valence-electron chi connectivity index (χ2n) is 2.36. The highest BCUT2D eigenvalue weighted by molar-refractivity contribution is 5.83. The quantitative estimate of drug-likeness (QED) is 0.624. The molecule has 0 heterocycles. The number of aliphatic hydroxyl groups excluding tert-OH is 1. The van der Waals surface area contributed by atoms with Gasteiger partial charge in [0, 0.05) is 6.42 Å². The van der Waals surface area contributed by atoms with Crippen LogP contribution in [0.1, 0.15) is 33.6 Å². The smallest absolute Gasteiger partial charge is 0.151 e. The largest absolute Gasteiger partial charge is 0.394 e. The first-order valence-corrected chi connectivity index (χ1v) is 3.61. The minimum absolute atomic E-state index is 0. The molecule has 0 aliphatic heterocycles. The summed E-state index contributed by atoms with van der Waals surface area (Å²) in [5.74, 6) is -0.0376. The van der Waals surface area contributed by atoms with E-state index in [4.69, 9.17) is 10.8 Å². The average Bonchev–Trinajstić information content (AvgIpc) is 1.98. The van der Waals surface area contributed by atoms with E-state index in [1.807, 2.05) is 6.92 Å². The fraction of sp³-hybridized carbons (Fsp3) is 0.875. The molecule has 0 aromatic carbocycles. The molecule has 0 aromatic heterocycles. The molecule has 0 aliphatic carbocycles. The zero-order valence-corrected chi connectivity index (χ0v) is 6.34. The maximum absolute atomic E-state index is 10.8. The highest BCUT2D eigenvalue weighted by Gasteiger charge is 2.09. The van der Waals surface area contributed by atoms with Gasteiger partial charge in [-0.25, -0.2) is 0 Å². The van der Waals surface area contributed by atoms with Crippen LogP contribution < -0.4 is 5.73 Å². The van der Waals surface area contributed by atoms with Crippen LogP contribution in [0.4, 0.5) is 0 Å². The van der Waals surface area contributed by atoms with Gasteiger partial charge in [-0.3, -0.25) is 4.79 Å². The first kappa shape index (κ1) is 13.2. The monoisotopic (exact) mass is 161 g/mol. The van der Waals surface area contributed by atoms with Crippen LogP contribution in [-0.4, -0.2) is 23.5 Å². The first-order valence-electron chi connectivity index (χ1n) is 3.61. The van der Waals surface area contributed by atoms with E-state index in [0.29, 0.717) is 6.42 Å². The van der Waals surface area contributed by atoms with Crippen molar-refractivity contribution in [3.8, 4) is 0 Å². The Labute approximate surface area is 68.6 Å². The van der Waals surface area contributed by atoms with Gasteiger partial charge in [-0.05, 0) is 6.42 Å². The zero-order chi connectivity index (χ0) is 7.98. The van der Waals surface area contributed by atoms with Crippen LogP contribution in [0.2, 0.25) is 0 Å². The number of hydrogen-bond acceptors (Lipinski definition) is 3. The molecule has 0 bridgehead atoms. The molecule has 0 spiro atoms. The Kier molecular flexibility index (Phi) is 9.23. The minimum Gasteiger partial charge on any atom is -0.394 e. The van der Waals surface area contributed by atoms with Gasteiger partial charge in [-0.15, -0.1) is 0 Å². The Bertz CT molecular complexity index is 104. The molecule has 0 rings (SSSR count). The van der Waals surface area contributed by atoms with Crippen LogP contribution in [0.25, 0.3) is 0 Å².